The number of hydrogen-bond acceptors (Lipinski definition) is 7. The summed E-state index contributed by atoms with van der Waals surface area (Å²) in [7, 11) is 1.59. The van der Waals surface area contributed by atoms with Crippen molar-refractivity contribution in [3.8, 4) is 5.75 Å². The van der Waals surface area contributed by atoms with Gasteiger partial charge in [0.15, 0.2) is 0 Å². The Morgan fingerprint density at radius 3 is 2.69 bits per heavy atom. The topological polar surface area (TPSA) is 106 Å². The van der Waals surface area contributed by atoms with Crippen molar-refractivity contribution in [3.63, 3.8) is 0 Å². The summed E-state index contributed by atoms with van der Waals surface area (Å²) in [4.78, 5) is 34.3. The number of carbonyl (C=O) groups is 2. The molecular weight excluding hydrogens is 374 g/mol. The van der Waals surface area contributed by atoms with Crippen LogP contribution in [-0.4, -0.2) is 59.7 Å². The number of ether oxygens (including phenoxy) is 2. The molecule has 29 heavy (non-hydrogen) atoms. The molecule has 3 rings (SSSR count). The van der Waals surface area contributed by atoms with Crippen LogP contribution >= 0.6 is 0 Å². The third-order valence-corrected chi connectivity index (χ3v) is 4.63. The number of anilines is 2. The Morgan fingerprint density at radius 2 is 1.97 bits per heavy atom. The second-order valence-electron chi connectivity index (χ2n) is 6.55. The van der Waals surface area contributed by atoms with E-state index in [1.54, 1.807) is 25.0 Å². The molecule has 154 valence electrons. The van der Waals surface area contributed by atoms with Crippen LogP contribution in [0.5, 0.6) is 5.75 Å². The van der Waals surface area contributed by atoms with Crippen molar-refractivity contribution < 1.29 is 19.1 Å². The Hall–Kier alpha value is -3.36. The molecule has 0 aliphatic carbocycles. The molecule has 1 aliphatic heterocycles. The maximum Gasteiger partial charge on any atom is 0.409 e. The maximum atomic E-state index is 12.6. The molecule has 1 aromatic heterocycles. The Bertz CT molecular complexity index is 852. The molecule has 0 unspecified atom stereocenters. The highest BCUT2D eigenvalue weighted by molar-refractivity contribution is 5.93. The van der Waals surface area contributed by atoms with E-state index in [4.69, 9.17) is 9.47 Å². The van der Waals surface area contributed by atoms with E-state index in [9.17, 15) is 9.59 Å². The zero-order valence-corrected chi connectivity index (χ0v) is 16.6. The van der Waals surface area contributed by atoms with Gasteiger partial charge in [0.1, 0.15) is 23.6 Å². The Balaban J connectivity index is 1.58. The standard InChI is InChI=1S/C20H25N5O4/c1-3-29-20(27)25-10-8-14(9-11-25)23-19(26)16-12-18(22-13-21-16)24-15-6-4-5-7-17(15)28-2/h4-7,12-14H,3,8-11H2,1-2H3,(H,23,26)(H,21,22,24). The predicted molar refractivity (Wildman–Crippen MR) is 107 cm³/mol. The fourth-order valence-electron chi connectivity index (χ4n) is 3.12. The number of likely N-dealkylation sites (tertiary alicyclic amines) is 1. The van der Waals surface area contributed by atoms with Crippen molar-refractivity contribution in [2.75, 3.05) is 32.1 Å². The summed E-state index contributed by atoms with van der Waals surface area (Å²) in [6.45, 7) is 3.24. The average Bonchev–Trinajstić information content (AvgIpc) is 2.75. The highest BCUT2D eigenvalue weighted by Crippen LogP contribution is 2.26. The second-order valence-corrected chi connectivity index (χ2v) is 6.55. The first-order valence-corrected chi connectivity index (χ1v) is 9.55. The van der Waals surface area contributed by atoms with E-state index in [1.165, 1.54) is 6.33 Å². The van der Waals surface area contributed by atoms with Crippen LogP contribution in [0.4, 0.5) is 16.3 Å². The van der Waals surface area contributed by atoms with Crippen LogP contribution in [0.15, 0.2) is 36.7 Å². The first-order chi connectivity index (χ1) is 14.1. The molecule has 9 heteroatoms. The predicted octanol–water partition coefficient (Wildman–Crippen LogP) is 2.58. The molecule has 0 atom stereocenters. The van der Waals surface area contributed by atoms with E-state index in [-0.39, 0.29) is 23.7 Å². The van der Waals surface area contributed by atoms with Crippen LogP contribution in [0.2, 0.25) is 0 Å². The van der Waals surface area contributed by atoms with Crippen LogP contribution < -0.4 is 15.4 Å². The minimum Gasteiger partial charge on any atom is -0.495 e. The number of rotatable bonds is 6. The van der Waals surface area contributed by atoms with Gasteiger partial charge in [0.05, 0.1) is 19.4 Å². The maximum absolute atomic E-state index is 12.6. The zero-order chi connectivity index (χ0) is 20.6. The minimum atomic E-state index is -0.305. The normalized spacial score (nSPS) is 14.2. The van der Waals surface area contributed by atoms with Gasteiger partial charge in [-0.3, -0.25) is 4.79 Å². The number of para-hydroxylation sites is 2. The van der Waals surface area contributed by atoms with Gasteiger partial charge in [-0.25, -0.2) is 14.8 Å². The van der Waals surface area contributed by atoms with Crippen molar-refractivity contribution in [2.45, 2.75) is 25.8 Å². The highest BCUT2D eigenvalue weighted by Gasteiger charge is 2.25. The summed E-state index contributed by atoms with van der Waals surface area (Å²) in [5.41, 5.74) is 1.01. The summed E-state index contributed by atoms with van der Waals surface area (Å²) in [6.07, 6.45) is 2.38. The van der Waals surface area contributed by atoms with Crippen molar-refractivity contribution in [2.24, 2.45) is 0 Å². The lowest BCUT2D eigenvalue weighted by molar-refractivity contribution is 0.0856. The van der Waals surface area contributed by atoms with Crippen LogP contribution in [0.1, 0.15) is 30.3 Å². The molecule has 2 heterocycles. The minimum absolute atomic E-state index is 0.0197. The van der Waals surface area contributed by atoms with E-state index in [1.807, 2.05) is 24.3 Å². The van der Waals surface area contributed by atoms with E-state index in [0.717, 1.165) is 5.69 Å². The van der Waals surface area contributed by atoms with Gasteiger partial charge in [0.25, 0.3) is 5.91 Å². The summed E-state index contributed by atoms with van der Waals surface area (Å²) < 4.78 is 10.3. The van der Waals surface area contributed by atoms with Crippen LogP contribution in [0.25, 0.3) is 0 Å². The van der Waals surface area contributed by atoms with Crippen molar-refractivity contribution in [1.82, 2.24) is 20.2 Å². The molecule has 9 nitrogen and oxygen atoms in total. The Morgan fingerprint density at radius 1 is 1.21 bits per heavy atom. The summed E-state index contributed by atoms with van der Waals surface area (Å²) in [5, 5.41) is 6.12. The largest absolute Gasteiger partial charge is 0.495 e. The van der Waals surface area contributed by atoms with Crippen molar-refractivity contribution in [3.05, 3.63) is 42.4 Å². The summed E-state index contributed by atoms with van der Waals surface area (Å²) in [5.74, 6) is 0.891. The number of aromatic nitrogens is 2. The monoisotopic (exact) mass is 399 g/mol. The average molecular weight is 399 g/mol. The van der Waals surface area contributed by atoms with E-state index >= 15 is 0 Å². The smallest absolute Gasteiger partial charge is 0.409 e. The first-order valence-electron chi connectivity index (χ1n) is 9.55. The van der Waals surface area contributed by atoms with Crippen molar-refractivity contribution in [1.29, 1.82) is 0 Å². The van der Waals surface area contributed by atoms with Gasteiger partial charge in [-0.15, -0.1) is 0 Å². The molecule has 0 bridgehead atoms. The van der Waals surface area contributed by atoms with Gasteiger partial charge in [0.2, 0.25) is 0 Å². The fourth-order valence-corrected chi connectivity index (χ4v) is 3.12. The lowest BCUT2D eigenvalue weighted by Crippen LogP contribution is -2.46. The summed E-state index contributed by atoms with van der Waals surface area (Å²) >= 11 is 0. The van der Waals surface area contributed by atoms with Crippen LogP contribution in [-0.2, 0) is 4.74 Å². The van der Waals surface area contributed by atoms with Crippen LogP contribution in [0, 0.1) is 0 Å². The van der Waals surface area contributed by atoms with E-state index in [0.29, 0.717) is 44.1 Å². The molecule has 2 N–H and O–H groups in total. The SMILES string of the molecule is CCOC(=O)N1CCC(NC(=O)c2cc(Nc3ccccc3OC)ncn2)CC1. The molecule has 1 aromatic carbocycles. The molecule has 0 radical (unpaired) electrons. The van der Waals surface area contributed by atoms with Gasteiger partial charge in [-0.05, 0) is 31.9 Å². The first kappa shape index (κ1) is 20.4. The number of nitrogens with zero attached hydrogens (tertiary/aromatic N) is 3. The van der Waals surface area contributed by atoms with Gasteiger partial charge in [-0.2, -0.15) is 0 Å². The number of benzene rings is 1. The molecule has 1 saturated heterocycles. The molecule has 1 fully saturated rings. The number of carbonyl (C=O) groups excluding carboxylic acids is 2. The molecule has 0 spiro atoms. The molecule has 2 amide bonds. The number of piperidine rings is 1. The molecule has 0 saturated carbocycles. The number of nitrogens with one attached hydrogen (secondary N) is 2. The number of amides is 2. The molecule has 2 aromatic rings. The van der Waals surface area contributed by atoms with Gasteiger partial charge in [-0.1, -0.05) is 12.1 Å². The lowest BCUT2D eigenvalue weighted by Gasteiger charge is -2.31. The molecule has 1 aliphatic rings. The van der Waals surface area contributed by atoms with Gasteiger partial charge >= 0.3 is 6.09 Å². The quantitative estimate of drug-likeness (QED) is 0.769. The summed E-state index contributed by atoms with van der Waals surface area (Å²) in [6, 6.07) is 9.01. The van der Waals surface area contributed by atoms with Gasteiger partial charge < -0.3 is 25.0 Å². The number of methoxy groups -OCH3 is 1. The zero-order valence-electron chi connectivity index (χ0n) is 16.6. The fraction of sp³-hybridized carbons (Fsp3) is 0.400. The van der Waals surface area contributed by atoms with Gasteiger partial charge in [0, 0.05) is 25.2 Å². The Labute approximate surface area is 169 Å². The van der Waals surface area contributed by atoms with E-state index in [2.05, 4.69) is 20.6 Å². The van der Waals surface area contributed by atoms with Crippen molar-refractivity contribution >= 4 is 23.5 Å². The molecular formula is C20H25N5O4. The highest BCUT2D eigenvalue weighted by atomic mass is 16.6. The van der Waals surface area contributed by atoms with E-state index < -0.39 is 0 Å². The second kappa shape index (κ2) is 9.72. The number of hydrogen-bond donors (Lipinski definition) is 2. The lowest BCUT2D eigenvalue weighted by atomic mass is 10.1. The van der Waals surface area contributed by atoms with Crippen LogP contribution in [0.3, 0.4) is 0 Å². The third kappa shape index (κ3) is 5.34. The third-order valence-electron chi connectivity index (χ3n) is 4.63. The Kier molecular flexibility index (Phi) is 6.83.